The van der Waals surface area contributed by atoms with Crippen LogP contribution in [0.25, 0.3) is 0 Å². The molecule has 2 amide bonds. The number of carbonyl (C=O) groups is 2. The third-order valence-corrected chi connectivity index (χ3v) is 3.18. The molecule has 0 aliphatic carbocycles. The van der Waals surface area contributed by atoms with Gasteiger partial charge in [-0.15, -0.1) is 13.2 Å². The first-order valence-corrected chi connectivity index (χ1v) is 8.59. The summed E-state index contributed by atoms with van der Waals surface area (Å²) in [5, 5.41) is 0. The Bertz CT molecular complexity index is 680. The average molecular weight is 456 g/mol. The van der Waals surface area contributed by atoms with E-state index in [4.69, 9.17) is 9.47 Å². The average Bonchev–Trinajstić information content (AvgIpc) is 2.35. The Morgan fingerprint density at radius 3 is 1.70 bits per heavy atom. The Balaban J connectivity index is 3.30. The zero-order chi connectivity index (χ0) is 21.2. The molecule has 0 atom stereocenters. The van der Waals surface area contributed by atoms with Crippen LogP contribution in [0.2, 0.25) is 0 Å². The first-order chi connectivity index (χ1) is 12.0. The molecule has 0 aliphatic rings. The molecule has 10 heteroatoms. The van der Waals surface area contributed by atoms with Crippen LogP contribution in [-0.4, -0.2) is 29.8 Å². The van der Waals surface area contributed by atoms with Crippen LogP contribution < -0.4 is 9.64 Å². The lowest BCUT2D eigenvalue weighted by Crippen LogP contribution is -2.44. The number of ether oxygens (including phenoxy) is 3. The number of nitrogens with zero attached hydrogens (tertiary/aromatic N) is 1. The van der Waals surface area contributed by atoms with Gasteiger partial charge >= 0.3 is 18.5 Å². The lowest BCUT2D eigenvalue weighted by atomic mass is 10.2. The van der Waals surface area contributed by atoms with Gasteiger partial charge < -0.3 is 14.2 Å². The van der Waals surface area contributed by atoms with Crippen molar-refractivity contribution in [1.29, 1.82) is 0 Å². The van der Waals surface area contributed by atoms with Crippen molar-refractivity contribution >= 4 is 33.8 Å². The van der Waals surface area contributed by atoms with E-state index in [-0.39, 0.29) is 10.2 Å². The van der Waals surface area contributed by atoms with Crippen LogP contribution in [0.15, 0.2) is 22.7 Å². The van der Waals surface area contributed by atoms with Gasteiger partial charge in [-0.05, 0) is 75.7 Å². The number of anilines is 1. The van der Waals surface area contributed by atoms with E-state index in [0.29, 0.717) is 4.90 Å². The van der Waals surface area contributed by atoms with Crippen LogP contribution in [0.3, 0.4) is 0 Å². The highest BCUT2D eigenvalue weighted by Crippen LogP contribution is 2.34. The maximum Gasteiger partial charge on any atom is 0.573 e. The molecular formula is C17H21BrF3NO5. The van der Waals surface area contributed by atoms with Crippen LogP contribution in [-0.2, 0) is 9.47 Å². The molecule has 0 unspecified atom stereocenters. The molecule has 0 saturated heterocycles. The minimum atomic E-state index is -4.88. The third kappa shape index (κ3) is 8.06. The highest BCUT2D eigenvalue weighted by atomic mass is 79.9. The van der Waals surface area contributed by atoms with Gasteiger partial charge in [0, 0.05) is 4.47 Å². The fraction of sp³-hybridized carbons (Fsp3) is 0.529. The number of benzene rings is 1. The summed E-state index contributed by atoms with van der Waals surface area (Å²) in [5.41, 5.74) is -1.89. The summed E-state index contributed by atoms with van der Waals surface area (Å²) in [5.74, 6) is -0.522. The standard InChI is InChI=1S/C17H21BrF3NO5/c1-15(2,3)26-13(23)22(14(24)27-16(4,5)6)12-8-7-10(9-11(12)18)25-17(19,20)21/h7-9H,1-6H3. The summed E-state index contributed by atoms with van der Waals surface area (Å²) < 4.78 is 51.3. The Morgan fingerprint density at radius 2 is 1.37 bits per heavy atom. The zero-order valence-corrected chi connectivity index (χ0v) is 17.3. The second-order valence-electron chi connectivity index (χ2n) is 7.46. The van der Waals surface area contributed by atoms with Crippen LogP contribution in [0.1, 0.15) is 41.5 Å². The van der Waals surface area contributed by atoms with E-state index in [1.54, 1.807) is 41.5 Å². The van der Waals surface area contributed by atoms with E-state index in [0.717, 1.165) is 18.2 Å². The molecule has 0 aliphatic heterocycles. The van der Waals surface area contributed by atoms with Crippen molar-refractivity contribution in [3.05, 3.63) is 22.7 Å². The van der Waals surface area contributed by atoms with Crippen LogP contribution in [0.5, 0.6) is 5.75 Å². The maximum absolute atomic E-state index is 12.5. The first-order valence-electron chi connectivity index (χ1n) is 7.80. The minimum Gasteiger partial charge on any atom is -0.443 e. The molecule has 0 radical (unpaired) electrons. The Hall–Kier alpha value is -1.97. The van der Waals surface area contributed by atoms with Crippen LogP contribution in [0, 0.1) is 0 Å². The Morgan fingerprint density at radius 1 is 0.926 bits per heavy atom. The molecule has 0 fully saturated rings. The highest BCUT2D eigenvalue weighted by Gasteiger charge is 2.35. The van der Waals surface area contributed by atoms with E-state index in [2.05, 4.69) is 20.7 Å². The monoisotopic (exact) mass is 455 g/mol. The Kier molecular flexibility index (Phi) is 6.80. The molecular weight excluding hydrogens is 435 g/mol. The molecule has 1 rings (SSSR count). The number of carbonyl (C=O) groups excluding carboxylic acids is 2. The van der Waals surface area contributed by atoms with E-state index in [9.17, 15) is 22.8 Å². The number of hydrogen-bond acceptors (Lipinski definition) is 5. The SMILES string of the molecule is CC(C)(C)OC(=O)N(C(=O)OC(C)(C)C)c1ccc(OC(F)(F)F)cc1Br. The van der Waals surface area contributed by atoms with Crippen molar-refractivity contribution in [3.8, 4) is 5.75 Å². The maximum atomic E-state index is 12.5. The molecule has 1 aromatic carbocycles. The first kappa shape index (κ1) is 23.1. The number of alkyl halides is 3. The van der Waals surface area contributed by atoms with Gasteiger partial charge in [-0.25, -0.2) is 9.59 Å². The normalized spacial score (nSPS) is 12.4. The lowest BCUT2D eigenvalue weighted by molar-refractivity contribution is -0.274. The number of halogens is 4. The summed E-state index contributed by atoms with van der Waals surface area (Å²) in [6.45, 7) is 9.63. The fourth-order valence-electron chi connectivity index (χ4n) is 1.75. The number of rotatable bonds is 2. The molecule has 0 bridgehead atoms. The topological polar surface area (TPSA) is 65.1 Å². The largest absolute Gasteiger partial charge is 0.573 e. The number of amides is 2. The summed E-state index contributed by atoms with van der Waals surface area (Å²) in [7, 11) is 0. The smallest absolute Gasteiger partial charge is 0.443 e. The van der Waals surface area contributed by atoms with Crippen molar-refractivity contribution in [3.63, 3.8) is 0 Å². The summed E-state index contributed by atoms with van der Waals surface area (Å²) >= 11 is 3.05. The molecule has 27 heavy (non-hydrogen) atoms. The zero-order valence-electron chi connectivity index (χ0n) is 15.7. The lowest BCUT2D eigenvalue weighted by Gasteiger charge is -2.29. The van der Waals surface area contributed by atoms with E-state index in [1.165, 1.54) is 0 Å². The third-order valence-electron chi connectivity index (χ3n) is 2.55. The van der Waals surface area contributed by atoms with Crippen molar-refractivity contribution in [2.75, 3.05) is 4.90 Å². The molecule has 0 N–H and O–H groups in total. The summed E-state index contributed by atoms with van der Waals surface area (Å²) in [4.78, 5) is 25.6. The van der Waals surface area contributed by atoms with Crippen LogP contribution in [0.4, 0.5) is 28.4 Å². The quantitative estimate of drug-likeness (QED) is 0.544. The van der Waals surface area contributed by atoms with E-state index >= 15 is 0 Å². The van der Waals surface area contributed by atoms with Gasteiger partial charge in [0.2, 0.25) is 0 Å². The number of imide groups is 1. The minimum absolute atomic E-state index is 0.000897. The second kappa shape index (κ2) is 7.95. The molecule has 0 saturated carbocycles. The van der Waals surface area contributed by atoms with Crippen molar-refractivity contribution in [1.82, 2.24) is 0 Å². The van der Waals surface area contributed by atoms with Gasteiger partial charge in [-0.3, -0.25) is 0 Å². The van der Waals surface area contributed by atoms with Gasteiger partial charge in [-0.1, -0.05) is 0 Å². The van der Waals surface area contributed by atoms with Crippen molar-refractivity contribution < 1.29 is 37.0 Å². The number of hydrogen-bond donors (Lipinski definition) is 0. The van der Waals surface area contributed by atoms with Crippen molar-refractivity contribution in [2.24, 2.45) is 0 Å². The van der Waals surface area contributed by atoms with Gasteiger partial charge in [0.15, 0.2) is 0 Å². The summed E-state index contributed by atoms with van der Waals surface area (Å²) in [6.07, 6.45) is -6.96. The second-order valence-corrected chi connectivity index (χ2v) is 8.31. The molecule has 0 spiro atoms. The van der Waals surface area contributed by atoms with Gasteiger partial charge in [0.05, 0.1) is 5.69 Å². The molecule has 1 aromatic rings. The molecule has 0 heterocycles. The van der Waals surface area contributed by atoms with Gasteiger partial charge in [-0.2, -0.15) is 4.90 Å². The summed E-state index contributed by atoms with van der Waals surface area (Å²) in [6, 6.07) is 3.05. The van der Waals surface area contributed by atoms with Crippen LogP contribution >= 0.6 is 15.9 Å². The van der Waals surface area contributed by atoms with E-state index < -0.39 is 35.5 Å². The van der Waals surface area contributed by atoms with Crippen molar-refractivity contribution in [2.45, 2.75) is 59.1 Å². The Labute approximate surface area is 163 Å². The molecule has 152 valence electrons. The van der Waals surface area contributed by atoms with E-state index in [1.807, 2.05) is 0 Å². The van der Waals surface area contributed by atoms with Gasteiger partial charge in [0.25, 0.3) is 0 Å². The predicted octanol–water partition coefficient (Wildman–Crippen LogP) is 6.02. The van der Waals surface area contributed by atoms with Gasteiger partial charge in [0.1, 0.15) is 17.0 Å². The molecule has 0 aromatic heterocycles. The predicted molar refractivity (Wildman–Crippen MR) is 95.8 cm³/mol. The molecule has 6 nitrogen and oxygen atoms in total. The fourth-order valence-corrected chi connectivity index (χ4v) is 2.29. The highest BCUT2D eigenvalue weighted by molar-refractivity contribution is 9.10.